The summed E-state index contributed by atoms with van der Waals surface area (Å²) < 4.78 is 4.66. The first-order chi connectivity index (χ1) is 13.3. The molecule has 0 saturated heterocycles. The van der Waals surface area contributed by atoms with Crippen LogP contribution in [0.2, 0.25) is 0 Å². The zero-order valence-electron chi connectivity index (χ0n) is 14.6. The largest absolute Gasteiger partial charge is 0.394 e. The summed E-state index contributed by atoms with van der Waals surface area (Å²) in [5.41, 5.74) is 4.16. The highest BCUT2D eigenvalue weighted by Crippen LogP contribution is 2.25. The molecule has 0 unspecified atom stereocenters. The number of aromatic nitrogens is 7. The summed E-state index contributed by atoms with van der Waals surface area (Å²) in [5, 5.41) is 21.8. The van der Waals surface area contributed by atoms with E-state index < -0.39 is 0 Å². The van der Waals surface area contributed by atoms with Crippen molar-refractivity contribution in [2.24, 2.45) is 0 Å². The van der Waals surface area contributed by atoms with Crippen molar-refractivity contribution in [2.45, 2.75) is 13.1 Å². The minimum atomic E-state index is 0. The molecule has 5 aromatic heterocycles. The van der Waals surface area contributed by atoms with Gasteiger partial charge in [0.2, 0.25) is 0 Å². The van der Waals surface area contributed by atoms with Gasteiger partial charge < -0.3 is 5.11 Å². The molecule has 8 nitrogen and oxygen atoms in total. The lowest BCUT2D eigenvalue weighted by atomic mass is 10.2. The second kappa shape index (κ2) is 7.63. The molecule has 5 rings (SSSR count). The molecule has 0 amide bonds. The fraction of sp³-hybridized carbons (Fsp3) is 0.167. The predicted octanol–water partition coefficient (Wildman–Crippen LogP) is 2.76. The third-order valence-electron chi connectivity index (χ3n) is 4.26. The van der Waals surface area contributed by atoms with Crippen molar-refractivity contribution in [3.63, 3.8) is 0 Å². The van der Waals surface area contributed by atoms with Gasteiger partial charge in [-0.2, -0.15) is 5.10 Å². The Morgan fingerprint density at radius 3 is 2.93 bits per heavy atom. The van der Waals surface area contributed by atoms with Crippen molar-refractivity contribution in [1.29, 1.82) is 0 Å². The van der Waals surface area contributed by atoms with E-state index in [-0.39, 0.29) is 19.0 Å². The maximum absolute atomic E-state index is 9.04. The smallest absolute Gasteiger partial charge is 0.179 e. The number of hydrogen-bond acceptors (Lipinski definition) is 7. The van der Waals surface area contributed by atoms with Crippen LogP contribution in [0.3, 0.4) is 0 Å². The van der Waals surface area contributed by atoms with E-state index in [0.717, 1.165) is 37.5 Å². The van der Waals surface area contributed by atoms with Crippen LogP contribution in [0.4, 0.5) is 0 Å². The van der Waals surface area contributed by atoms with Crippen molar-refractivity contribution in [3.05, 3.63) is 53.8 Å². The second-order valence-electron chi connectivity index (χ2n) is 6.10. The average Bonchev–Trinajstić information content (AvgIpc) is 3.40. The molecule has 10 heteroatoms. The Balaban J connectivity index is 0.00000192. The maximum Gasteiger partial charge on any atom is 0.179 e. The Bertz CT molecular complexity index is 1210. The van der Waals surface area contributed by atoms with Gasteiger partial charge in [-0.3, -0.25) is 9.67 Å². The minimum absolute atomic E-state index is 0. The lowest BCUT2D eigenvalue weighted by Crippen LogP contribution is -2.02. The summed E-state index contributed by atoms with van der Waals surface area (Å²) in [6.07, 6.45) is 5.42. The molecular weight excluding hydrogens is 398 g/mol. The van der Waals surface area contributed by atoms with Gasteiger partial charge in [-0.05, 0) is 30.3 Å². The molecule has 1 N–H and O–H groups in total. The fourth-order valence-electron chi connectivity index (χ4n) is 2.99. The van der Waals surface area contributed by atoms with Crippen LogP contribution in [0.15, 0.2) is 48.9 Å². The molecule has 5 aromatic rings. The molecule has 0 radical (unpaired) electrons. The van der Waals surface area contributed by atoms with E-state index >= 15 is 0 Å². The molecule has 142 valence electrons. The lowest BCUT2D eigenvalue weighted by Gasteiger charge is -2.01. The van der Waals surface area contributed by atoms with Crippen LogP contribution in [0.1, 0.15) is 4.88 Å². The zero-order valence-corrected chi connectivity index (χ0v) is 16.3. The Hall–Kier alpha value is -2.88. The third kappa shape index (κ3) is 3.35. The van der Waals surface area contributed by atoms with Gasteiger partial charge in [0, 0.05) is 22.8 Å². The van der Waals surface area contributed by atoms with E-state index in [0.29, 0.717) is 13.1 Å². The van der Waals surface area contributed by atoms with Crippen LogP contribution < -0.4 is 0 Å². The first-order valence-corrected chi connectivity index (χ1v) is 9.29. The molecule has 0 atom stereocenters. The summed E-state index contributed by atoms with van der Waals surface area (Å²) in [7, 11) is 0. The van der Waals surface area contributed by atoms with Gasteiger partial charge in [0.05, 0.1) is 41.8 Å². The molecule has 0 bridgehead atoms. The topological polar surface area (TPSA) is 94.5 Å². The number of aliphatic hydroxyl groups excluding tert-OH is 1. The van der Waals surface area contributed by atoms with Gasteiger partial charge in [0.25, 0.3) is 0 Å². The van der Waals surface area contributed by atoms with Crippen molar-refractivity contribution in [1.82, 2.24) is 34.7 Å². The van der Waals surface area contributed by atoms with E-state index in [9.17, 15) is 0 Å². The third-order valence-corrected chi connectivity index (χ3v) is 5.34. The highest BCUT2D eigenvalue weighted by molar-refractivity contribution is 7.19. The van der Waals surface area contributed by atoms with Gasteiger partial charge in [-0.15, -0.1) is 28.8 Å². The molecule has 0 aromatic carbocycles. The lowest BCUT2D eigenvalue weighted by molar-refractivity contribution is 0.269. The Labute approximate surface area is 169 Å². The van der Waals surface area contributed by atoms with Crippen LogP contribution in [0.25, 0.3) is 32.6 Å². The molecule has 0 saturated carbocycles. The van der Waals surface area contributed by atoms with Gasteiger partial charge in [-0.25, -0.2) is 9.67 Å². The van der Waals surface area contributed by atoms with Crippen molar-refractivity contribution >= 4 is 45.1 Å². The van der Waals surface area contributed by atoms with E-state index in [1.54, 1.807) is 28.4 Å². The molecule has 0 aliphatic carbocycles. The minimum Gasteiger partial charge on any atom is -0.394 e. The highest BCUT2D eigenvalue weighted by Gasteiger charge is 2.12. The van der Waals surface area contributed by atoms with Crippen LogP contribution in [0, 0.1) is 0 Å². The number of rotatable bonds is 5. The van der Waals surface area contributed by atoms with Crippen molar-refractivity contribution in [2.75, 3.05) is 6.61 Å². The second-order valence-corrected chi connectivity index (χ2v) is 7.27. The molecular formula is C18H16ClN7OS. The molecule has 0 fully saturated rings. The molecule has 28 heavy (non-hydrogen) atoms. The van der Waals surface area contributed by atoms with Gasteiger partial charge in [0.15, 0.2) is 5.65 Å². The van der Waals surface area contributed by atoms with Crippen LogP contribution in [0.5, 0.6) is 0 Å². The number of fused-ring (bicyclic) bond motifs is 2. The fourth-order valence-corrected chi connectivity index (χ4v) is 3.99. The van der Waals surface area contributed by atoms with Crippen molar-refractivity contribution < 1.29 is 5.11 Å². The SMILES string of the molecule is Cl.OCCn1cc(-c2ccc3nnn(Cc4cc5ncccc5s4)c3n2)cn1. The quantitative estimate of drug-likeness (QED) is 0.476. The summed E-state index contributed by atoms with van der Waals surface area (Å²) in [4.78, 5) is 10.3. The number of aliphatic hydroxyl groups is 1. The van der Waals surface area contributed by atoms with Crippen LogP contribution in [-0.4, -0.2) is 46.5 Å². The summed E-state index contributed by atoms with van der Waals surface area (Å²) >= 11 is 1.70. The maximum atomic E-state index is 9.04. The molecule has 5 heterocycles. The van der Waals surface area contributed by atoms with Crippen LogP contribution in [-0.2, 0) is 13.1 Å². The Kier molecular flexibility index (Phi) is 5.03. The van der Waals surface area contributed by atoms with E-state index in [1.807, 2.05) is 29.1 Å². The number of thiophene rings is 1. The number of nitrogens with zero attached hydrogens (tertiary/aromatic N) is 7. The van der Waals surface area contributed by atoms with E-state index in [4.69, 9.17) is 10.1 Å². The standard InChI is InChI=1S/C18H15N7OS.ClH/c26-7-6-24-10-12(9-20-24)14-3-4-15-18(21-14)25(23-22-15)11-13-8-16-17(27-13)2-1-5-19-16;/h1-5,8-10,26H,6-7,11H2;1H. The summed E-state index contributed by atoms with van der Waals surface area (Å²) in [6, 6.07) is 9.91. The first-order valence-electron chi connectivity index (χ1n) is 8.47. The highest BCUT2D eigenvalue weighted by atomic mass is 35.5. The van der Waals surface area contributed by atoms with Crippen molar-refractivity contribution in [3.8, 4) is 11.3 Å². The average molecular weight is 414 g/mol. The normalized spacial score (nSPS) is 11.2. The Morgan fingerprint density at radius 1 is 1.14 bits per heavy atom. The molecule has 0 spiro atoms. The van der Waals surface area contributed by atoms with Gasteiger partial charge in [0.1, 0.15) is 5.52 Å². The number of halogens is 1. The van der Waals surface area contributed by atoms with Gasteiger partial charge in [-0.1, -0.05) is 5.21 Å². The van der Waals surface area contributed by atoms with Crippen LogP contribution >= 0.6 is 23.7 Å². The number of pyridine rings is 2. The van der Waals surface area contributed by atoms with E-state index in [1.165, 1.54) is 0 Å². The Morgan fingerprint density at radius 2 is 2.07 bits per heavy atom. The summed E-state index contributed by atoms with van der Waals surface area (Å²) in [6.45, 7) is 1.10. The number of hydrogen-bond donors (Lipinski definition) is 1. The zero-order chi connectivity index (χ0) is 18.2. The molecule has 0 aliphatic rings. The van der Waals surface area contributed by atoms with Gasteiger partial charge >= 0.3 is 0 Å². The molecule has 0 aliphatic heterocycles. The summed E-state index contributed by atoms with van der Waals surface area (Å²) in [5.74, 6) is 0. The predicted molar refractivity (Wildman–Crippen MR) is 110 cm³/mol. The van der Waals surface area contributed by atoms with E-state index in [2.05, 4.69) is 32.5 Å². The monoisotopic (exact) mass is 413 g/mol. The first kappa shape index (κ1) is 18.5.